The highest BCUT2D eigenvalue weighted by molar-refractivity contribution is 5.42. The number of nitrogens with one attached hydrogen (secondary N) is 1. The summed E-state index contributed by atoms with van der Waals surface area (Å²) in [5, 5.41) is 3.29. The normalized spacial score (nSPS) is 10.4. The SMILES string of the molecule is CC/C=C\CNc1ccccc1. The first-order chi connectivity index (χ1) is 5.93. The van der Waals surface area contributed by atoms with Crippen molar-refractivity contribution in [2.24, 2.45) is 0 Å². The van der Waals surface area contributed by atoms with E-state index in [0.717, 1.165) is 13.0 Å². The van der Waals surface area contributed by atoms with Crippen molar-refractivity contribution in [3.63, 3.8) is 0 Å². The van der Waals surface area contributed by atoms with Gasteiger partial charge in [0.25, 0.3) is 0 Å². The van der Waals surface area contributed by atoms with Crippen molar-refractivity contribution in [3.8, 4) is 0 Å². The lowest BCUT2D eigenvalue weighted by molar-refractivity contribution is 1.20. The maximum absolute atomic E-state index is 3.29. The van der Waals surface area contributed by atoms with E-state index >= 15 is 0 Å². The summed E-state index contributed by atoms with van der Waals surface area (Å²) in [5.74, 6) is 0. The predicted octanol–water partition coefficient (Wildman–Crippen LogP) is 3.06. The molecule has 0 atom stereocenters. The van der Waals surface area contributed by atoms with E-state index in [-0.39, 0.29) is 0 Å². The van der Waals surface area contributed by atoms with Crippen molar-refractivity contribution in [1.82, 2.24) is 0 Å². The van der Waals surface area contributed by atoms with Crippen LogP contribution in [0.5, 0.6) is 0 Å². The van der Waals surface area contributed by atoms with Gasteiger partial charge in [-0.2, -0.15) is 0 Å². The lowest BCUT2D eigenvalue weighted by Gasteiger charge is -2.00. The van der Waals surface area contributed by atoms with Gasteiger partial charge < -0.3 is 5.32 Å². The number of anilines is 1. The molecule has 12 heavy (non-hydrogen) atoms. The average molecular weight is 161 g/mol. The summed E-state index contributed by atoms with van der Waals surface area (Å²) >= 11 is 0. The fourth-order valence-corrected chi connectivity index (χ4v) is 0.983. The Kier molecular flexibility index (Phi) is 4.00. The summed E-state index contributed by atoms with van der Waals surface area (Å²) in [7, 11) is 0. The zero-order chi connectivity index (χ0) is 8.65. The molecule has 0 unspecified atom stereocenters. The minimum atomic E-state index is 0.915. The minimum absolute atomic E-state index is 0.915. The molecule has 1 heteroatoms. The first-order valence-electron chi connectivity index (χ1n) is 4.37. The second-order valence-electron chi connectivity index (χ2n) is 2.63. The van der Waals surface area contributed by atoms with Crippen LogP contribution in [0.1, 0.15) is 13.3 Å². The molecule has 0 radical (unpaired) electrons. The summed E-state index contributed by atoms with van der Waals surface area (Å²) in [5.41, 5.74) is 1.18. The standard InChI is InChI=1S/C11H15N/c1-2-3-7-10-12-11-8-5-4-6-9-11/h3-9,12H,2,10H2,1H3/b7-3-. The van der Waals surface area contributed by atoms with Crippen molar-refractivity contribution in [3.05, 3.63) is 42.5 Å². The number of hydrogen-bond donors (Lipinski definition) is 1. The molecular formula is C11H15N. The van der Waals surface area contributed by atoms with Crippen LogP contribution < -0.4 is 5.32 Å². The molecule has 0 aliphatic rings. The predicted molar refractivity (Wildman–Crippen MR) is 54.4 cm³/mol. The van der Waals surface area contributed by atoms with Gasteiger partial charge in [-0.05, 0) is 18.6 Å². The third-order valence-corrected chi connectivity index (χ3v) is 1.60. The van der Waals surface area contributed by atoms with E-state index in [0.29, 0.717) is 0 Å². The van der Waals surface area contributed by atoms with Gasteiger partial charge in [0.1, 0.15) is 0 Å². The molecule has 1 rings (SSSR count). The summed E-state index contributed by atoms with van der Waals surface area (Å²) in [4.78, 5) is 0. The van der Waals surface area contributed by atoms with Gasteiger partial charge in [0.05, 0.1) is 0 Å². The van der Waals surface area contributed by atoms with E-state index < -0.39 is 0 Å². The number of para-hydroxylation sites is 1. The fourth-order valence-electron chi connectivity index (χ4n) is 0.983. The molecule has 0 aromatic heterocycles. The molecule has 0 spiro atoms. The second kappa shape index (κ2) is 5.42. The topological polar surface area (TPSA) is 12.0 Å². The maximum atomic E-state index is 3.29. The molecule has 0 heterocycles. The Morgan fingerprint density at radius 2 is 1.92 bits per heavy atom. The highest BCUT2D eigenvalue weighted by Gasteiger charge is 1.83. The van der Waals surface area contributed by atoms with Crippen LogP contribution in [0.25, 0.3) is 0 Å². The summed E-state index contributed by atoms with van der Waals surface area (Å²) in [6.07, 6.45) is 5.42. The highest BCUT2D eigenvalue weighted by Crippen LogP contribution is 2.03. The number of hydrogen-bond acceptors (Lipinski definition) is 1. The quantitative estimate of drug-likeness (QED) is 0.669. The number of benzene rings is 1. The molecule has 0 saturated carbocycles. The van der Waals surface area contributed by atoms with E-state index in [1.807, 2.05) is 18.2 Å². The van der Waals surface area contributed by atoms with Crippen molar-refractivity contribution >= 4 is 5.69 Å². The van der Waals surface area contributed by atoms with Crippen molar-refractivity contribution < 1.29 is 0 Å². The summed E-state index contributed by atoms with van der Waals surface area (Å²) in [6.45, 7) is 3.05. The molecule has 64 valence electrons. The van der Waals surface area contributed by atoms with Crippen molar-refractivity contribution in [2.75, 3.05) is 11.9 Å². The maximum Gasteiger partial charge on any atom is 0.0342 e. The third kappa shape index (κ3) is 3.24. The highest BCUT2D eigenvalue weighted by atomic mass is 14.8. The van der Waals surface area contributed by atoms with Crippen LogP contribution in [0.2, 0.25) is 0 Å². The molecule has 0 bridgehead atoms. The molecule has 1 aromatic rings. The van der Waals surface area contributed by atoms with Crippen LogP contribution >= 0.6 is 0 Å². The Labute approximate surface area is 74.1 Å². The Hall–Kier alpha value is -1.24. The van der Waals surface area contributed by atoms with Crippen LogP contribution in [0.15, 0.2) is 42.5 Å². The molecule has 1 nitrogen and oxygen atoms in total. The molecule has 0 aliphatic carbocycles. The van der Waals surface area contributed by atoms with E-state index in [2.05, 4.69) is 36.5 Å². The molecule has 0 saturated heterocycles. The Balaban J connectivity index is 2.29. The largest absolute Gasteiger partial charge is 0.382 e. The van der Waals surface area contributed by atoms with E-state index in [4.69, 9.17) is 0 Å². The molecule has 1 N–H and O–H groups in total. The van der Waals surface area contributed by atoms with Gasteiger partial charge in [-0.25, -0.2) is 0 Å². The van der Waals surface area contributed by atoms with Gasteiger partial charge in [-0.1, -0.05) is 37.3 Å². The first-order valence-corrected chi connectivity index (χ1v) is 4.37. The molecule has 0 amide bonds. The van der Waals surface area contributed by atoms with E-state index in [1.54, 1.807) is 0 Å². The molecule has 0 aliphatic heterocycles. The minimum Gasteiger partial charge on any atom is -0.382 e. The summed E-state index contributed by atoms with van der Waals surface area (Å²) < 4.78 is 0. The van der Waals surface area contributed by atoms with Crippen LogP contribution in [0.4, 0.5) is 5.69 Å². The number of rotatable bonds is 4. The Morgan fingerprint density at radius 3 is 2.58 bits per heavy atom. The van der Waals surface area contributed by atoms with Crippen LogP contribution in [-0.2, 0) is 0 Å². The lowest BCUT2D eigenvalue weighted by atomic mass is 10.3. The Morgan fingerprint density at radius 1 is 1.17 bits per heavy atom. The van der Waals surface area contributed by atoms with Crippen LogP contribution in [-0.4, -0.2) is 6.54 Å². The molecule has 0 fully saturated rings. The van der Waals surface area contributed by atoms with Crippen LogP contribution in [0, 0.1) is 0 Å². The third-order valence-electron chi connectivity index (χ3n) is 1.60. The Bertz CT molecular complexity index is 226. The van der Waals surface area contributed by atoms with Gasteiger partial charge in [-0.15, -0.1) is 0 Å². The summed E-state index contributed by atoms with van der Waals surface area (Å²) in [6, 6.07) is 10.2. The zero-order valence-electron chi connectivity index (χ0n) is 7.46. The average Bonchev–Trinajstić information content (AvgIpc) is 2.14. The monoisotopic (exact) mass is 161 g/mol. The van der Waals surface area contributed by atoms with Gasteiger partial charge in [0.2, 0.25) is 0 Å². The first kappa shape index (κ1) is 8.85. The van der Waals surface area contributed by atoms with Gasteiger partial charge >= 0.3 is 0 Å². The van der Waals surface area contributed by atoms with E-state index in [9.17, 15) is 0 Å². The van der Waals surface area contributed by atoms with Crippen molar-refractivity contribution in [2.45, 2.75) is 13.3 Å². The van der Waals surface area contributed by atoms with Gasteiger partial charge in [-0.3, -0.25) is 0 Å². The smallest absolute Gasteiger partial charge is 0.0342 e. The van der Waals surface area contributed by atoms with Gasteiger partial charge in [0.15, 0.2) is 0 Å². The fraction of sp³-hybridized carbons (Fsp3) is 0.273. The number of allylic oxidation sites excluding steroid dienone is 1. The zero-order valence-corrected chi connectivity index (χ0v) is 7.46. The second-order valence-corrected chi connectivity index (χ2v) is 2.63. The van der Waals surface area contributed by atoms with Crippen LogP contribution in [0.3, 0.4) is 0 Å². The lowest BCUT2D eigenvalue weighted by Crippen LogP contribution is -1.96. The molecule has 1 aromatic carbocycles. The van der Waals surface area contributed by atoms with Crippen molar-refractivity contribution in [1.29, 1.82) is 0 Å². The molecular weight excluding hydrogens is 146 g/mol. The van der Waals surface area contributed by atoms with E-state index in [1.165, 1.54) is 5.69 Å². The van der Waals surface area contributed by atoms with Gasteiger partial charge in [0, 0.05) is 12.2 Å².